The number of aryl methyl sites for hydroxylation is 2. The first-order chi connectivity index (χ1) is 17.3. The van der Waals surface area contributed by atoms with E-state index in [1.165, 1.54) is 11.6 Å². The minimum absolute atomic E-state index is 0. The Morgan fingerprint density at radius 1 is 0.973 bits per heavy atom. The second kappa shape index (κ2) is 14.3. The van der Waals surface area contributed by atoms with Crippen molar-refractivity contribution in [3.63, 3.8) is 0 Å². The molecule has 4 rings (SSSR count). The molecule has 0 spiro atoms. The molecular formula is C32H38IrNO3-. The predicted octanol–water partition coefficient (Wildman–Crippen LogP) is 8.93. The van der Waals surface area contributed by atoms with Crippen molar-refractivity contribution in [2.45, 2.75) is 67.2 Å². The zero-order valence-corrected chi connectivity index (χ0v) is 25.1. The Bertz CT molecular complexity index is 1330. The monoisotopic (exact) mass is 677 g/mol. The van der Waals surface area contributed by atoms with Gasteiger partial charge in [0, 0.05) is 54.5 Å². The molecule has 0 aliphatic heterocycles. The van der Waals surface area contributed by atoms with Crippen LogP contribution < -0.4 is 0 Å². The van der Waals surface area contributed by atoms with Crippen molar-refractivity contribution in [3.8, 4) is 11.3 Å². The maximum Gasteiger partial charge on any atom is 0.162 e. The van der Waals surface area contributed by atoms with Crippen LogP contribution in [0, 0.1) is 31.7 Å². The maximum atomic E-state index is 11.7. The van der Waals surface area contributed by atoms with E-state index in [9.17, 15) is 9.90 Å². The summed E-state index contributed by atoms with van der Waals surface area (Å²) in [7, 11) is 0. The fourth-order valence-electron chi connectivity index (χ4n) is 4.66. The van der Waals surface area contributed by atoms with E-state index in [1.807, 2.05) is 52.0 Å². The minimum Gasteiger partial charge on any atom is -0.512 e. The van der Waals surface area contributed by atoms with E-state index in [1.54, 1.807) is 6.26 Å². The number of hydrogen-bond donors (Lipinski definition) is 1. The third-order valence-corrected chi connectivity index (χ3v) is 6.79. The normalized spacial score (nSPS) is 11.5. The van der Waals surface area contributed by atoms with Crippen LogP contribution in [0.1, 0.15) is 64.5 Å². The standard InChI is InChI=1S/C19H14NO.C13H24O2.Ir/c1-12-9-13(2)11-14(10-12)18-19-16(7-8-21-19)15-5-3-4-6-17(15)20-18;1-5-10(6-2)12(14)9-13(15)11(7-3)8-4;/h3-10H,1-2H3;9-11,14H,5-8H2,1-4H3;/q-1;;/b;12-9-;. The Morgan fingerprint density at radius 2 is 1.62 bits per heavy atom. The molecular weight excluding hydrogens is 639 g/mol. The Balaban J connectivity index is 0.000000271. The third kappa shape index (κ3) is 7.40. The van der Waals surface area contributed by atoms with Crippen LogP contribution in [0.25, 0.3) is 33.1 Å². The van der Waals surface area contributed by atoms with Gasteiger partial charge in [0.2, 0.25) is 0 Å². The summed E-state index contributed by atoms with van der Waals surface area (Å²) in [6.45, 7) is 12.2. The smallest absolute Gasteiger partial charge is 0.162 e. The number of pyridine rings is 1. The number of aliphatic hydroxyl groups is 1. The maximum absolute atomic E-state index is 11.7. The number of carbonyl (C=O) groups excluding carboxylic acids is 1. The molecule has 0 aliphatic carbocycles. The molecule has 4 aromatic rings. The Kier molecular flexibility index (Phi) is 11.7. The molecule has 199 valence electrons. The van der Waals surface area contributed by atoms with Crippen molar-refractivity contribution >= 4 is 27.7 Å². The molecule has 2 heterocycles. The number of fused-ring (bicyclic) bond motifs is 3. The zero-order valence-electron chi connectivity index (χ0n) is 22.7. The molecule has 0 saturated carbocycles. The predicted molar refractivity (Wildman–Crippen MR) is 149 cm³/mol. The number of aliphatic hydroxyl groups excluding tert-OH is 1. The fourth-order valence-corrected chi connectivity index (χ4v) is 4.66. The molecule has 0 aliphatic rings. The summed E-state index contributed by atoms with van der Waals surface area (Å²) in [4.78, 5) is 16.5. The molecule has 0 atom stereocenters. The second-order valence-electron chi connectivity index (χ2n) is 9.39. The van der Waals surface area contributed by atoms with Gasteiger partial charge in [-0.05, 0) is 37.8 Å². The molecule has 1 N–H and O–H groups in total. The van der Waals surface area contributed by atoms with E-state index in [2.05, 4.69) is 38.1 Å². The van der Waals surface area contributed by atoms with E-state index in [0.29, 0.717) is 0 Å². The van der Waals surface area contributed by atoms with E-state index in [4.69, 9.17) is 9.40 Å². The minimum atomic E-state index is 0. The van der Waals surface area contributed by atoms with E-state index in [-0.39, 0.29) is 43.5 Å². The average molecular weight is 677 g/mol. The summed E-state index contributed by atoms with van der Waals surface area (Å²) in [5, 5.41) is 12.0. The number of rotatable bonds is 8. The third-order valence-electron chi connectivity index (χ3n) is 6.79. The van der Waals surface area contributed by atoms with Gasteiger partial charge in [-0.2, -0.15) is 0 Å². The van der Waals surface area contributed by atoms with Crippen LogP contribution in [0.15, 0.2) is 65.0 Å². The van der Waals surface area contributed by atoms with E-state index in [0.717, 1.165) is 64.4 Å². The summed E-state index contributed by atoms with van der Waals surface area (Å²) >= 11 is 0. The van der Waals surface area contributed by atoms with Crippen LogP contribution in [0.3, 0.4) is 0 Å². The number of furan rings is 1. The first-order valence-corrected chi connectivity index (χ1v) is 13.0. The Hall–Kier alpha value is -2.75. The van der Waals surface area contributed by atoms with Crippen LogP contribution in [0.4, 0.5) is 0 Å². The Morgan fingerprint density at radius 3 is 2.24 bits per heavy atom. The average Bonchev–Trinajstić information content (AvgIpc) is 3.35. The molecule has 0 fully saturated rings. The largest absolute Gasteiger partial charge is 0.512 e. The van der Waals surface area contributed by atoms with Crippen LogP contribution in [0.2, 0.25) is 0 Å². The number of allylic oxidation sites excluding steroid dienone is 2. The molecule has 0 bridgehead atoms. The molecule has 1 radical (unpaired) electrons. The van der Waals surface area contributed by atoms with Crippen molar-refractivity contribution in [1.29, 1.82) is 0 Å². The van der Waals surface area contributed by atoms with Gasteiger partial charge in [0.05, 0.1) is 17.5 Å². The Labute approximate surface area is 234 Å². The van der Waals surface area contributed by atoms with E-state index < -0.39 is 0 Å². The summed E-state index contributed by atoms with van der Waals surface area (Å²) in [5.41, 5.74) is 5.97. The molecule has 0 amide bonds. The van der Waals surface area contributed by atoms with Crippen LogP contribution in [-0.2, 0) is 24.9 Å². The zero-order chi connectivity index (χ0) is 26.2. The van der Waals surface area contributed by atoms with Crippen molar-refractivity contribution in [1.82, 2.24) is 4.98 Å². The number of benzene rings is 2. The van der Waals surface area contributed by atoms with Gasteiger partial charge in [0.25, 0.3) is 0 Å². The molecule has 37 heavy (non-hydrogen) atoms. The van der Waals surface area contributed by atoms with Gasteiger partial charge in [-0.1, -0.05) is 59.7 Å². The number of aromatic nitrogens is 1. The fraction of sp³-hybridized carbons (Fsp3) is 0.375. The van der Waals surface area contributed by atoms with Crippen LogP contribution >= 0.6 is 0 Å². The van der Waals surface area contributed by atoms with Gasteiger partial charge in [-0.15, -0.1) is 34.9 Å². The summed E-state index contributed by atoms with van der Waals surface area (Å²) < 4.78 is 5.71. The molecule has 0 saturated heterocycles. The van der Waals surface area contributed by atoms with Gasteiger partial charge in [-0.25, -0.2) is 0 Å². The molecule has 4 nitrogen and oxygen atoms in total. The van der Waals surface area contributed by atoms with Gasteiger partial charge < -0.3 is 9.52 Å². The van der Waals surface area contributed by atoms with Crippen molar-refractivity contribution < 1.29 is 34.4 Å². The summed E-state index contributed by atoms with van der Waals surface area (Å²) in [6.07, 6.45) is 6.63. The molecule has 2 aromatic carbocycles. The quantitative estimate of drug-likeness (QED) is 0.115. The molecule has 2 aromatic heterocycles. The van der Waals surface area contributed by atoms with Crippen molar-refractivity contribution in [2.24, 2.45) is 11.8 Å². The number of nitrogens with zero attached hydrogens (tertiary/aromatic N) is 1. The first kappa shape index (κ1) is 30.5. The molecule has 5 heteroatoms. The SMILES string of the molecule is CCC(CC)C(=O)/C=C(\O)C(CC)CC.Cc1[c-]c(-c2nc3ccccc3c3ccoc23)cc(C)c1.[Ir]. The van der Waals surface area contributed by atoms with Crippen molar-refractivity contribution in [2.75, 3.05) is 0 Å². The number of carbonyl (C=O) groups is 1. The number of para-hydroxylation sites is 1. The summed E-state index contributed by atoms with van der Waals surface area (Å²) in [6, 6.07) is 17.8. The topological polar surface area (TPSA) is 63.3 Å². The van der Waals surface area contributed by atoms with Crippen LogP contribution in [0.5, 0.6) is 0 Å². The first-order valence-electron chi connectivity index (χ1n) is 13.0. The van der Waals surface area contributed by atoms with Gasteiger partial charge in [0.15, 0.2) is 5.78 Å². The van der Waals surface area contributed by atoms with E-state index >= 15 is 0 Å². The second-order valence-corrected chi connectivity index (χ2v) is 9.39. The molecule has 0 unspecified atom stereocenters. The van der Waals surface area contributed by atoms with Gasteiger partial charge >= 0.3 is 0 Å². The van der Waals surface area contributed by atoms with Gasteiger partial charge in [0.1, 0.15) is 5.58 Å². The number of hydrogen-bond acceptors (Lipinski definition) is 4. The van der Waals surface area contributed by atoms with Gasteiger partial charge in [-0.3, -0.25) is 9.78 Å². The summed E-state index contributed by atoms with van der Waals surface area (Å²) in [5.74, 6) is 0.547. The number of ketones is 1. The van der Waals surface area contributed by atoms with Crippen molar-refractivity contribution in [3.05, 3.63) is 77.8 Å². The van der Waals surface area contributed by atoms with Crippen LogP contribution in [-0.4, -0.2) is 15.9 Å².